The highest BCUT2D eigenvalue weighted by Gasteiger charge is 2.42. The van der Waals surface area contributed by atoms with Gasteiger partial charge in [0.2, 0.25) is 0 Å². The summed E-state index contributed by atoms with van der Waals surface area (Å²) in [5.74, 6) is 0.767. The molecule has 0 saturated carbocycles. The lowest BCUT2D eigenvalue weighted by molar-refractivity contribution is 0.249. The molecule has 0 radical (unpaired) electrons. The van der Waals surface area contributed by atoms with Crippen molar-refractivity contribution in [3.63, 3.8) is 0 Å². The maximum atomic E-state index is 13.2. The van der Waals surface area contributed by atoms with Gasteiger partial charge in [-0.05, 0) is 57.3 Å². The van der Waals surface area contributed by atoms with Gasteiger partial charge >= 0.3 is 0 Å². The molecule has 0 bridgehead atoms. The van der Waals surface area contributed by atoms with E-state index in [1.165, 1.54) is 6.42 Å². The first-order chi connectivity index (χ1) is 11.2. The van der Waals surface area contributed by atoms with Crippen LogP contribution in [0.2, 0.25) is 0 Å². The van der Waals surface area contributed by atoms with E-state index < -0.39 is 10.2 Å². The van der Waals surface area contributed by atoms with Gasteiger partial charge in [0.1, 0.15) is 5.76 Å². The Labute approximate surface area is 138 Å². The second-order valence-electron chi connectivity index (χ2n) is 6.84. The van der Waals surface area contributed by atoms with Crippen LogP contribution in [0.1, 0.15) is 43.9 Å². The van der Waals surface area contributed by atoms with Crippen LogP contribution in [0, 0.1) is 0 Å². The van der Waals surface area contributed by atoms with Crippen LogP contribution >= 0.6 is 0 Å². The first-order valence-electron chi connectivity index (χ1n) is 8.70. The minimum absolute atomic E-state index is 0.141. The van der Waals surface area contributed by atoms with Crippen LogP contribution in [0.15, 0.2) is 22.8 Å². The maximum Gasteiger partial charge on any atom is 0.282 e. The van der Waals surface area contributed by atoms with Crippen LogP contribution in [0.4, 0.5) is 0 Å². The van der Waals surface area contributed by atoms with Crippen molar-refractivity contribution in [1.29, 1.82) is 0 Å². The Morgan fingerprint density at radius 1 is 1.04 bits per heavy atom. The van der Waals surface area contributed by atoms with E-state index in [2.05, 4.69) is 4.90 Å². The second-order valence-corrected chi connectivity index (χ2v) is 8.72. The molecule has 3 saturated heterocycles. The average Bonchev–Trinajstić information content (AvgIpc) is 3.25. The first-order valence-corrected chi connectivity index (χ1v) is 10.1. The summed E-state index contributed by atoms with van der Waals surface area (Å²) in [4.78, 5) is 2.46. The van der Waals surface area contributed by atoms with Crippen LogP contribution in [0.3, 0.4) is 0 Å². The lowest BCUT2D eigenvalue weighted by Crippen LogP contribution is -2.46. The average molecular weight is 339 g/mol. The van der Waals surface area contributed by atoms with E-state index in [9.17, 15) is 8.42 Å². The van der Waals surface area contributed by atoms with Gasteiger partial charge in [-0.3, -0.25) is 4.90 Å². The molecule has 0 unspecified atom stereocenters. The Morgan fingerprint density at radius 3 is 2.70 bits per heavy atom. The molecule has 7 heteroatoms. The maximum absolute atomic E-state index is 13.2. The van der Waals surface area contributed by atoms with Crippen molar-refractivity contribution in [1.82, 2.24) is 13.5 Å². The summed E-state index contributed by atoms with van der Waals surface area (Å²) in [5, 5.41) is 0. The fraction of sp³-hybridized carbons (Fsp3) is 0.750. The molecule has 4 rings (SSSR count). The van der Waals surface area contributed by atoms with E-state index in [0.29, 0.717) is 25.7 Å². The molecule has 0 aliphatic carbocycles. The van der Waals surface area contributed by atoms with Gasteiger partial charge in [0.15, 0.2) is 0 Å². The highest BCUT2D eigenvalue weighted by atomic mass is 32.2. The molecule has 0 amide bonds. The van der Waals surface area contributed by atoms with Crippen molar-refractivity contribution >= 4 is 10.2 Å². The standard InChI is InChI=1S/C16H25N3O3S/c20-23(21,18-10-4-9-17-8-1-5-14(17)13-18)19-11-2-6-15(19)16-7-3-12-22-16/h3,7,12,14-15H,1-2,4-6,8-11,13H2/t14-,15+/m0/s1. The lowest BCUT2D eigenvalue weighted by Gasteiger charge is -2.31. The van der Waals surface area contributed by atoms with Crippen LogP contribution < -0.4 is 0 Å². The number of fused-ring (bicyclic) bond motifs is 1. The van der Waals surface area contributed by atoms with Crippen molar-refractivity contribution in [2.24, 2.45) is 0 Å². The number of rotatable bonds is 3. The van der Waals surface area contributed by atoms with E-state index in [0.717, 1.165) is 44.5 Å². The van der Waals surface area contributed by atoms with Gasteiger partial charge in [-0.25, -0.2) is 0 Å². The third-order valence-corrected chi connectivity index (χ3v) is 7.48. The minimum Gasteiger partial charge on any atom is -0.468 e. The molecule has 3 aliphatic rings. The molecule has 3 fully saturated rings. The molecule has 0 N–H and O–H groups in total. The fourth-order valence-electron chi connectivity index (χ4n) is 4.31. The van der Waals surface area contributed by atoms with Crippen LogP contribution in [-0.4, -0.2) is 60.7 Å². The first kappa shape index (κ1) is 15.6. The highest BCUT2D eigenvalue weighted by molar-refractivity contribution is 7.86. The fourth-order valence-corrected chi connectivity index (χ4v) is 6.22. The zero-order valence-electron chi connectivity index (χ0n) is 13.4. The van der Waals surface area contributed by atoms with E-state index in [1.54, 1.807) is 14.9 Å². The molecule has 6 nitrogen and oxygen atoms in total. The zero-order valence-corrected chi connectivity index (χ0v) is 14.2. The molecule has 4 heterocycles. The molecule has 0 spiro atoms. The van der Waals surface area contributed by atoms with Gasteiger partial charge < -0.3 is 4.42 Å². The minimum atomic E-state index is -3.42. The van der Waals surface area contributed by atoms with Crippen molar-refractivity contribution in [3.8, 4) is 0 Å². The molecular weight excluding hydrogens is 314 g/mol. The molecule has 1 aromatic rings. The summed E-state index contributed by atoms with van der Waals surface area (Å²) in [7, 11) is -3.42. The summed E-state index contributed by atoms with van der Waals surface area (Å²) in [6, 6.07) is 3.98. The Bertz CT molecular complexity index is 631. The highest BCUT2D eigenvalue weighted by Crippen LogP contribution is 2.36. The zero-order chi connectivity index (χ0) is 15.9. The van der Waals surface area contributed by atoms with Crippen molar-refractivity contribution < 1.29 is 12.8 Å². The van der Waals surface area contributed by atoms with E-state index in [4.69, 9.17) is 4.42 Å². The van der Waals surface area contributed by atoms with E-state index in [1.807, 2.05) is 12.1 Å². The number of nitrogens with zero attached hydrogens (tertiary/aromatic N) is 3. The van der Waals surface area contributed by atoms with Gasteiger partial charge in [-0.15, -0.1) is 0 Å². The lowest BCUT2D eigenvalue weighted by atomic mass is 10.2. The Morgan fingerprint density at radius 2 is 1.87 bits per heavy atom. The largest absolute Gasteiger partial charge is 0.468 e. The number of furan rings is 1. The Kier molecular flexibility index (Phi) is 4.21. The summed E-state index contributed by atoms with van der Waals surface area (Å²) in [6.45, 7) is 4.02. The molecule has 0 aromatic carbocycles. The van der Waals surface area contributed by atoms with Crippen molar-refractivity contribution in [3.05, 3.63) is 24.2 Å². The molecule has 128 valence electrons. The predicted octanol–water partition coefficient (Wildman–Crippen LogP) is 1.83. The topological polar surface area (TPSA) is 57.0 Å². The Hall–Kier alpha value is -0.890. The second kappa shape index (κ2) is 6.20. The SMILES string of the molecule is O=S(=O)(N1CCCN2CCC[C@H]2C1)N1CCC[C@@H]1c1ccco1. The van der Waals surface area contributed by atoms with Gasteiger partial charge in [0, 0.05) is 25.7 Å². The Balaban J connectivity index is 1.56. The van der Waals surface area contributed by atoms with Crippen molar-refractivity contribution in [2.75, 3.05) is 32.7 Å². The van der Waals surface area contributed by atoms with Crippen LogP contribution in [-0.2, 0) is 10.2 Å². The normalized spacial score (nSPS) is 31.3. The summed E-state index contributed by atoms with van der Waals surface area (Å²) < 4.78 is 35.3. The predicted molar refractivity (Wildman–Crippen MR) is 87.1 cm³/mol. The van der Waals surface area contributed by atoms with E-state index in [-0.39, 0.29) is 6.04 Å². The quantitative estimate of drug-likeness (QED) is 0.843. The van der Waals surface area contributed by atoms with Gasteiger partial charge in [0.25, 0.3) is 10.2 Å². The molecular formula is C16H25N3O3S. The van der Waals surface area contributed by atoms with E-state index >= 15 is 0 Å². The monoisotopic (exact) mass is 339 g/mol. The summed E-state index contributed by atoms with van der Waals surface area (Å²) in [5.41, 5.74) is 0. The van der Waals surface area contributed by atoms with Gasteiger partial charge in [-0.2, -0.15) is 17.0 Å². The van der Waals surface area contributed by atoms with Crippen LogP contribution in [0.25, 0.3) is 0 Å². The smallest absolute Gasteiger partial charge is 0.282 e. The third-order valence-electron chi connectivity index (χ3n) is 5.46. The van der Waals surface area contributed by atoms with Gasteiger partial charge in [-0.1, -0.05) is 0 Å². The van der Waals surface area contributed by atoms with Gasteiger partial charge in [0.05, 0.1) is 12.3 Å². The molecule has 3 aliphatic heterocycles. The van der Waals surface area contributed by atoms with Crippen molar-refractivity contribution in [2.45, 2.75) is 44.2 Å². The molecule has 23 heavy (non-hydrogen) atoms. The van der Waals surface area contributed by atoms with Crippen LogP contribution in [0.5, 0.6) is 0 Å². The molecule has 2 atom stereocenters. The summed E-state index contributed by atoms with van der Waals surface area (Å²) in [6.07, 6.45) is 6.60. The third kappa shape index (κ3) is 2.84. The summed E-state index contributed by atoms with van der Waals surface area (Å²) >= 11 is 0. The number of hydrogen-bond acceptors (Lipinski definition) is 4. The number of hydrogen-bond donors (Lipinski definition) is 0. The molecule has 1 aromatic heterocycles.